The van der Waals surface area contributed by atoms with Crippen molar-refractivity contribution in [3.63, 3.8) is 0 Å². The standard InChI is InChI=1S/2C7H9.2ClH.Ti/c2*1-6-4-3-5-7(6)2;;;/h2*3-5H,1-2H3;2*1H;/q2*-1;;;+4/p-2. The molecule has 2 aromatic rings. The molecule has 0 unspecified atom stereocenters. The molecule has 0 spiro atoms. The van der Waals surface area contributed by atoms with Gasteiger partial charge in [-0.25, -0.2) is 24.3 Å². The summed E-state index contributed by atoms with van der Waals surface area (Å²) in [5.74, 6) is 0. The Morgan fingerprint density at radius 2 is 1.06 bits per heavy atom. The third-order valence-corrected chi connectivity index (χ3v) is 2.63. The fourth-order valence-electron chi connectivity index (χ4n) is 1.20. The Hall–Kier alpha value is -0.00571. The first-order chi connectivity index (χ1) is 6.61. The van der Waals surface area contributed by atoms with Gasteiger partial charge >= 0.3 is 21.7 Å². The molecule has 0 aliphatic rings. The first-order valence-electron chi connectivity index (χ1n) is 4.99. The summed E-state index contributed by atoms with van der Waals surface area (Å²) in [6.07, 6.45) is 0. The molecule has 17 heavy (non-hydrogen) atoms. The van der Waals surface area contributed by atoms with Gasteiger partial charge in [0, 0.05) is 0 Å². The Bertz CT molecular complexity index is 317. The molecule has 0 nitrogen and oxygen atoms in total. The van der Waals surface area contributed by atoms with Gasteiger partial charge in [0.2, 0.25) is 0 Å². The molecular formula is C14H18Cl2Ti. The van der Waals surface area contributed by atoms with Crippen LogP contribution in [0.5, 0.6) is 0 Å². The Morgan fingerprint density at radius 1 is 0.765 bits per heavy atom. The smallest absolute Gasteiger partial charge is 1.00 e. The molecule has 0 bridgehead atoms. The minimum absolute atomic E-state index is 0. The first kappa shape index (κ1) is 22.2. The molecular weight excluding hydrogens is 287 g/mol. The number of rotatable bonds is 0. The zero-order chi connectivity index (χ0) is 10.6. The average molecular weight is 305 g/mol. The number of hydrogen-bond acceptors (Lipinski definition) is 0. The van der Waals surface area contributed by atoms with E-state index in [-0.39, 0.29) is 46.5 Å². The first-order valence-corrected chi connectivity index (χ1v) is 4.99. The van der Waals surface area contributed by atoms with Crippen LogP contribution in [0.15, 0.2) is 36.4 Å². The van der Waals surface area contributed by atoms with Crippen LogP contribution in [0.3, 0.4) is 0 Å². The van der Waals surface area contributed by atoms with Gasteiger partial charge < -0.3 is 24.8 Å². The van der Waals surface area contributed by atoms with Crippen LogP contribution < -0.4 is 24.8 Å². The van der Waals surface area contributed by atoms with Crippen molar-refractivity contribution in [3.05, 3.63) is 58.7 Å². The molecule has 0 N–H and O–H groups in total. The molecule has 2 aromatic carbocycles. The summed E-state index contributed by atoms with van der Waals surface area (Å²) < 4.78 is 0. The molecule has 0 saturated carbocycles. The van der Waals surface area contributed by atoms with Crippen LogP contribution in [0.2, 0.25) is 0 Å². The molecule has 0 aromatic heterocycles. The average Bonchev–Trinajstić information content (AvgIpc) is 2.67. The van der Waals surface area contributed by atoms with Gasteiger partial charge in [0.15, 0.2) is 0 Å². The van der Waals surface area contributed by atoms with E-state index in [1.807, 2.05) is 0 Å². The fourth-order valence-corrected chi connectivity index (χ4v) is 1.20. The Kier molecular flexibility index (Phi) is 14.5. The zero-order valence-corrected chi connectivity index (χ0v) is 13.8. The van der Waals surface area contributed by atoms with E-state index in [4.69, 9.17) is 0 Å². The SMILES string of the molecule is Cc1ccc[c-]1C.Cc1ccc[c-]1C.[Cl-].[Cl-].[Ti+4]. The Balaban J connectivity index is -0.000000196. The van der Waals surface area contributed by atoms with Crippen LogP contribution in [0.1, 0.15) is 22.3 Å². The second kappa shape index (κ2) is 11.1. The normalized spacial score (nSPS) is 7.76. The van der Waals surface area contributed by atoms with Crippen molar-refractivity contribution in [2.24, 2.45) is 0 Å². The monoisotopic (exact) mass is 304 g/mol. The van der Waals surface area contributed by atoms with Crippen LogP contribution in [0.4, 0.5) is 0 Å². The van der Waals surface area contributed by atoms with Crippen molar-refractivity contribution < 1.29 is 46.5 Å². The maximum Gasteiger partial charge on any atom is 4.00 e. The summed E-state index contributed by atoms with van der Waals surface area (Å²) in [5.41, 5.74) is 5.56. The van der Waals surface area contributed by atoms with Gasteiger partial charge in [-0.15, -0.1) is 0 Å². The van der Waals surface area contributed by atoms with Crippen molar-refractivity contribution in [1.82, 2.24) is 0 Å². The van der Waals surface area contributed by atoms with E-state index in [9.17, 15) is 0 Å². The van der Waals surface area contributed by atoms with Gasteiger partial charge in [0.1, 0.15) is 0 Å². The van der Waals surface area contributed by atoms with Crippen molar-refractivity contribution in [1.29, 1.82) is 0 Å². The summed E-state index contributed by atoms with van der Waals surface area (Å²) in [6.45, 7) is 8.48. The second-order valence-electron chi connectivity index (χ2n) is 3.78. The molecule has 92 valence electrons. The molecule has 0 heterocycles. The zero-order valence-electron chi connectivity index (χ0n) is 10.7. The fraction of sp³-hybridized carbons (Fsp3) is 0.286. The topological polar surface area (TPSA) is 0 Å². The van der Waals surface area contributed by atoms with Gasteiger partial charge in [-0.1, -0.05) is 27.7 Å². The van der Waals surface area contributed by atoms with Crippen LogP contribution in [-0.2, 0) is 21.7 Å². The summed E-state index contributed by atoms with van der Waals surface area (Å²) in [6, 6.07) is 12.6. The summed E-state index contributed by atoms with van der Waals surface area (Å²) in [4.78, 5) is 0. The molecule has 0 amide bonds. The van der Waals surface area contributed by atoms with Gasteiger partial charge in [-0.05, 0) is 0 Å². The molecule has 2 rings (SSSR count). The molecule has 0 aliphatic carbocycles. The predicted octanol–water partition coefficient (Wildman–Crippen LogP) is -1.95. The van der Waals surface area contributed by atoms with E-state index in [1.165, 1.54) is 22.3 Å². The van der Waals surface area contributed by atoms with Crippen LogP contribution >= 0.6 is 0 Å². The molecule has 0 radical (unpaired) electrons. The maximum atomic E-state index is 2.12. The third-order valence-electron chi connectivity index (χ3n) is 2.63. The maximum absolute atomic E-state index is 2.12. The van der Waals surface area contributed by atoms with Crippen molar-refractivity contribution in [2.75, 3.05) is 0 Å². The Morgan fingerprint density at radius 3 is 1.12 bits per heavy atom. The minimum atomic E-state index is 0. The van der Waals surface area contributed by atoms with Crippen LogP contribution in [-0.4, -0.2) is 0 Å². The largest absolute Gasteiger partial charge is 4.00 e. The van der Waals surface area contributed by atoms with Gasteiger partial charge in [-0.3, -0.25) is 0 Å². The van der Waals surface area contributed by atoms with E-state index in [0.29, 0.717) is 0 Å². The van der Waals surface area contributed by atoms with E-state index >= 15 is 0 Å². The third kappa shape index (κ3) is 7.84. The number of aryl methyl sites for hydroxylation is 4. The van der Waals surface area contributed by atoms with E-state index in [0.717, 1.165) is 0 Å². The second-order valence-corrected chi connectivity index (χ2v) is 3.78. The molecule has 0 saturated heterocycles. The number of halogens is 2. The van der Waals surface area contributed by atoms with E-state index in [1.54, 1.807) is 0 Å². The van der Waals surface area contributed by atoms with Crippen LogP contribution in [0.25, 0.3) is 0 Å². The van der Waals surface area contributed by atoms with E-state index in [2.05, 4.69) is 64.1 Å². The van der Waals surface area contributed by atoms with Crippen molar-refractivity contribution in [2.45, 2.75) is 27.7 Å². The van der Waals surface area contributed by atoms with E-state index < -0.39 is 0 Å². The van der Waals surface area contributed by atoms with Gasteiger partial charge in [-0.2, -0.15) is 34.4 Å². The Labute approximate surface area is 132 Å². The number of hydrogen-bond donors (Lipinski definition) is 0. The summed E-state index contributed by atoms with van der Waals surface area (Å²) in [5, 5.41) is 0. The van der Waals surface area contributed by atoms with Gasteiger partial charge in [0.25, 0.3) is 0 Å². The van der Waals surface area contributed by atoms with Gasteiger partial charge in [0.05, 0.1) is 0 Å². The van der Waals surface area contributed by atoms with Crippen molar-refractivity contribution >= 4 is 0 Å². The molecule has 0 aliphatic heterocycles. The summed E-state index contributed by atoms with van der Waals surface area (Å²) >= 11 is 0. The molecule has 0 atom stereocenters. The molecule has 0 fully saturated rings. The quantitative estimate of drug-likeness (QED) is 0.392. The minimum Gasteiger partial charge on any atom is -1.00 e. The molecule has 3 heteroatoms. The summed E-state index contributed by atoms with van der Waals surface area (Å²) in [7, 11) is 0. The van der Waals surface area contributed by atoms with Crippen molar-refractivity contribution in [3.8, 4) is 0 Å². The van der Waals surface area contributed by atoms with Crippen LogP contribution in [0, 0.1) is 27.7 Å². The predicted molar refractivity (Wildman–Crippen MR) is 63.0 cm³/mol.